The highest BCUT2D eigenvalue weighted by atomic mass is 16.3. The highest BCUT2D eigenvalue weighted by Gasteiger charge is 2.24. The quantitative estimate of drug-likeness (QED) is 0.908. The van der Waals surface area contributed by atoms with Gasteiger partial charge in [-0.05, 0) is 49.3 Å². The number of carbonyl (C=O) groups is 1. The molecule has 2 rings (SSSR count). The van der Waals surface area contributed by atoms with Crippen molar-refractivity contribution in [3.63, 3.8) is 0 Å². The van der Waals surface area contributed by atoms with E-state index >= 15 is 0 Å². The third-order valence-electron chi connectivity index (χ3n) is 4.19. The molecule has 0 radical (unpaired) electrons. The molecule has 0 aliphatic heterocycles. The second-order valence-electron chi connectivity index (χ2n) is 5.77. The van der Waals surface area contributed by atoms with Gasteiger partial charge in [0.2, 0.25) is 5.91 Å². The monoisotopic (exact) mass is 261 g/mol. The summed E-state index contributed by atoms with van der Waals surface area (Å²) in [5.74, 6) is 1.16. The van der Waals surface area contributed by atoms with E-state index in [1.165, 1.54) is 12.8 Å². The molecule has 0 spiro atoms. The number of likely N-dealkylation sites (N-methyl/N-ethyl adjacent to an activating group) is 1. The van der Waals surface area contributed by atoms with Crippen LogP contribution in [0, 0.1) is 5.92 Å². The largest absolute Gasteiger partial charge is 0.508 e. The molecule has 0 saturated heterocycles. The van der Waals surface area contributed by atoms with Gasteiger partial charge in [-0.25, -0.2) is 0 Å². The molecule has 0 bridgehead atoms. The maximum Gasteiger partial charge on any atom is 0.226 e. The Morgan fingerprint density at radius 3 is 2.63 bits per heavy atom. The Balaban J connectivity index is 1.92. The van der Waals surface area contributed by atoms with Gasteiger partial charge in [0.15, 0.2) is 0 Å². The van der Waals surface area contributed by atoms with Crippen molar-refractivity contribution in [1.82, 2.24) is 4.90 Å². The predicted molar refractivity (Wildman–Crippen MR) is 76.0 cm³/mol. The molecule has 1 aliphatic rings. The van der Waals surface area contributed by atoms with Crippen molar-refractivity contribution in [1.29, 1.82) is 0 Å². The lowest BCUT2D eigenvalue weighted by Gasteiger charge is -2.33. The Hall–Kier alpha value is -1.51. The molecule has 0 heterocycles. The number of carbonyl (C=O) groups excluding carboxylic acids is 1. The smallest absolute Gasteiger partial charge is 0.226 e. The van der Waals surface area contributed by atoms with E-state index in [0.29, 0.717) is 12.5 Å². The third-order valence-corrected chi connectivity index (χ3v) is 4.19. The average molecular weight is 261 g/mol. The van der Waals surface area contributed by atoms with Gasteiger partial charge in [-0.2, -0.15) is 0 Å². The number of phenols is 1. The van der Waals surface area contributed by atoms with Crippen LogP contribution in [-0.2, 0) is 11.2 Å². The summed E-state index contributed by atoms with van der Waals surface area (Å²) in [6, 6.07) is 7.34. The van der Waals surface area contributed by atoms with Crippen LogP contribution in [0.1, 0.15) is 38.2 Å². The normalized spacial score (nSPS) is 23.1. The van der Waals surface area contributed by atoms with E-state index in [9.17, 15) is 9.90 Å². The highest BCUT2D eigenvalue weighted by Crippen LogP contribution is 2.26. The number of nitrogens with zero attached hydrogens (tertiary/aromatic N) is 1. The number of benzene rings is 1. The van der Waals surface area contributed by atoms with Crippen molar-refractivity contribution in [2.24, 2.45) is 5.92 Å². The van der Waals surface area contributed by atoms with E-state index in [-0.39, 0.29) is 11.7 Å². The molecule has 1 aliphatic carbocycles. The molecule has 0 aromatic heterocycles. The van der Waals surface area contributed by atoms with Gasteiger partial charge in [0, 0.05) is 13.1 Å². The lowest BCUT2D eigenvalue weighted by Crippen LogP contribution is -2.40. The van der Waals surface area contributed by atoms with Crippen LogP contribution < -0.4 is 0 Å². The van der Waals surface area contributed by atoms with Crippen LogP contribution in [0.5, 0.6) is 5.75 Å². The first-order valence-electron chi connectivity index (χ1n) is 7.10. The predicted octanol–water partition coefficient (Wildman–Crippen LogP) is 2.97. The van der Waals surface area contributed by atoms with Gasteiger partial charge in [-0.3, -0.25) is 4.79 Å². The van der Waals surface area contributed by atoms with Gasteiger partial charge < -0.3 is 10.0 Å². The van der Waals surface area contributed by atoms with Gasteiger partial charge in [0.25, 0.3) is 0 Å². The third kappa shape index (κ3) is 3.72. The SMILES string of the molecule is CC1CCC(N(C)C(=O)Cc2cccc(O)c2)CC1. The number of aromatic hydroxyl groups is 1. The molecule has 0 atom stereocenters. The zero-order valence-corrected chi connectivity index (χ0v) is 11.8. The Morgan fingerprint density at radius 2 is 2.00 bits per heavy atom. The van der Waals surface area contributed by atoms with Crippen molar-refractivity contribution in [2.45, 2.75) is 45.1 Å². The fraction of sp³-hybridized carbons (Fsp3) is 0.562. The summed E-state index contributed by atoms with van der Waals surface area (Å²) in [6.07, 6.45) is 5.03. The van der Waals surface area contributed by atoms with Gasteiger partial charge >= 0.3 is 0 Å². The van der Waals surface area contributed by atoms with Crippen LogP contribution in [0.3, 0.4) is 0 Å². The van der Waals surface area contributed by atoms with Crippen molar-refractivity contribution < 1.29 is 9.90 Å². The summed E-state index contributed by atoms with van der Waals surface area (Å²) in [5.41, 5.74) is 0.876. The van der Waals surface area contributed by atoms with Crippen molar-refractivity contribution >= 4 is 5.91 Å². The van der Waals surface area contributed by atoms with Crippen molar-refractivity contribution in [2.75, 3.05) is 7.05 Å². The molecule has 104 valence electrons. The molecular weight excluding hydrogens is 238 g/mol. The molecule has 1 fully saturated rings. The molecule has 3 heteroatoms. The van der Waals surface area contributed by atoms with Gasteiger partial charge in [0.1, 0.15) is 5.75 Å². The maximum atomic E-state index is 12.2. The molecule has 19 heavy (non-hydrogen) atoms. The number of hydrogen-bond acceptors (Lipinski definition) is 2. The second kappa shape index (κ2) is 6.09. The minimum absolute atomic E-state index is 0.144. The van der Waals surface area contributed by atoms with E-state index in [4.69, 9.17) is 0 Å². The minimum Gasteiger partial charge on any atom is -0.508 e. The van der Waals surface area contributed by atoms with Crippen LogP contribution in [0.4, 0.5) is 0 Å². The van der Waals surface area contributed by atoms with Crippen LogP contribution in [0.15, 0.2) is 24.3 Å². The number of rotatable bonds is 3. The molecule has 1 aromatic carbocycles. The average Bonchev–Trinajstić information content (AvgIpc) is 2.39. The maximum absolute atomic E-state index is 12.2. The van der Waals surface area contributed by atoms with Gasteiger partial charge in [-0.15, -0.1) is 0 Å². The fourth-order valence-electron chi connectivity index (χ4n) is 2.80. The molecule has 1 aromatic rings. The lowest BCUT2D eigenvalue weighted by molar-refractivity contribution is -0.132. The lowest BCUT2D eigenvalue weighted by atomic mass is 9.86. The highest BCUT2D eigenvalue weighted by molar-refractivity contribution is 5.79. The van der Waals surface area contributed by atoms with Gasteiger partial charge in [-0.1, -0.05) is 19.1 Å². The van der Waals surface area contributed by atoms with E-state index in [2.05, 4.69) is 6.92 Å². The van der Waals surface area contributed by atoms with E-state index in [1.54, 1.807) is 18.2 Å². The minimum atomic E-state index is 0.144. The van der Waals surface area contributed by atoms with E-state index in [0.717, 1.165) is 24.3 Å². The van der Waals surface area contributed by atoms with E-state index in [1.807, 2.05) is 18.0 Å². The summed E-state index contributed by atoms with van der Waals surface area (Å²) >= 11 is 0. The zero-order chi connectivity index (χ0) is 13.8. The molecule has 0 unspecified atom stereocenters. The van der Waals surface area contributed by atoms with E-state index < -0.39 is 0 Å². The standard InChI is InChI=1S/C16H23NO2/c1-12-6-8-14(9-7-12)17(2)16(19)11-13-4-3-5-15(18)10-13/h3-5,10,12,14,18H,6-9,11H2,1-2H3. The number of phenolic OH excluding ortho intramolecular Hbond substituents is 1. The molecule has 1 amide bonds. The van der Waals surface area contributed by atoms with Crippen LogP contribution >= 0.6 is 0 Å². The Bertz CT molecular complexity index is 436. The Labute approximate surface area is 115 Å². The zero-order valence-electron chi connectivity index (χ0n) is 11.8. The van der Waals surface area contributed by atoms with Crippen molar-refractivity contribution in [3.05, 3.63) is 29.8 Å². The topological polar surface area (TPSA) is 40.5 Å². The molecule has 1 saturated carbocycles. The Kier molecular flexibility index (Phi) is 4.46. The number of hydrogen-bond donors (Lipinski definition) is 1. The van der Waals surface area contributed by atoms with Crippen LogP contribution in [0.2, 0.25) is 0 Å². The first-order valence-corrected chi connectivity index (χ1v) is 7.10. The Morgan fingerprint density at radius 1 is 1.32 bits per heavy atom. The second-order valence-corrected chi connectivity index (χ2v) is 5.77. The molecule has 1 N–H and O–H groups in total. The summed E-state index contributed by atoms with van der Waals surface area (Å²) in [4.78, 5) is 14.1. The number of amides is 1. The summed E-state index contributed by atoms with van der Waals surface area (Å²) < 4.78 is 0. The van der Waals surface area contributed by atoms with Crippen LogP contribution in [0.25, 0.3) is 0 Å². The van der Waals surface area contributed by atoms with Crippen molar-refractivity contribution in [3.8, 4) is 5.75 Å². The van der Waals surface area contributed by atoms with Gasteiger partial charge in [0.05, 0.1) is 6.42 Å². The first kappa shape index (κ1) is 13.9. The van der Waals surface area contributed by atoms with Crippen LogP contribution in [-0.4, -0.2) is 29.0 Å². The molecule has 3 nitrogen and oxygen atoms in total. The first-order chi connectivity index (χ1) is 9.06. The fourth-order valence-corrected chi connectivity index (χ4v) is 2.80. The summed E-state index contributed by atoms with van der Waals surface area (Å²) in [6.45, 7) is 2.28. The summed E-state index contributed by atoms with van der Waals surface area (Å²) in [5, 5.41) is 9.42. The molecular formula is C16H23NO2. The summed E-state index contributed by atoms with van der Waals surface area (Å²) in [7, 11) is 1.91.